The first-order valence-electron chi connectivity index (χ1n) is 8.12. The highest BCUT2D eigenvalue weighted by Gasteiger charge is 2.52. The van der Waals surface area contributed by atoms with E-state index in [2.05, 4.69) is 10.2 Å². The number of urea groups is 1. The summed E-state index contributed by atoms with van der Waals surface area (Å²) in [5.74, 6) is -0.109. The molecule has 3 rings (SSSR count). The highest BCUT2D eigenvalue weighted by molar-refractivity contribution is 6.07. The number of piperazine rings is 1. The zero-order valence-electron chi connectivity index (χ0n) is 13.1. The number of carbonyl (C=O) groups is 3. The van der Waals surface area contributed by atoms with Gasteiger partial charge in [-0.1, -0.05) is 12.8 Å². The molecule has 0 aromatic carbocycles. The Morgan fingerprint density at radius 2 is 1.77 bits per heavy atom. The third-order valence-corrected chi connectivity index (χ3v) is 5.11. The number of amides is 4. The molecule has 122 valence electrons. The molecule has 0 aromatic rings. The van der Waals surface area contributed by atoms with Gasteiger partial charge in [-0.05, 0) is 19.9 Å². The zero-order chi connectivity index (χ0) is 15.7. The molecule has 7 nitrogen and oxygen atoms in total. The molecule has 2 aliphatic heterocycles. The van der Waals surface area contributed by atoms with Gasteiger partial charge in [0.2, 0.25) is 5.91 Å². The second-order valence-corrected chi connectivity index (χ2v) is 6.61. The largest absolute Gasteiger partial charge is 0.340 e. The van der Waals surface area contributed by atoms with Crippen LogP contribution in [0.5, 0.6) is 0 Å². The number of nitrogens with one attached hydrogen (secondary N) is 1. The van der Waals surface area contributed by atoms with E-state index in [1.807, 2.05) is 11.9 Å². The van der Waals surface area contributed by atoms with E-state index in [-0.39, 0.29) is 30.8 Å². The summed E-state index contributed by atoms with van der Waals surface area (Å²) in [7, 11) is 2.04. The van der Waals surface area contributed by atoms with Gasteiger partial charge in [-0.2, -0.15) is 0 Å². The summed E-state index contributed by atoms with van der Waals surface area (Å²) >= 11 is 0. The summed E-state index contributed by atoms with van der Waals surface area (Å²) in [6.07, 6.45) is 3.61. The Morgan fingerprint density at radius 3 is 2.41 bits per heavy atom. The molecule has 0 radical (unpaired) electrons. The van der Waals surface area contributed by atoms with Crippen LogP contribution in [0.2, 0.25) is 0 Å². The standard InChI is InChI=1S/C15H24N4O3/c1-17-8-10-18(11-9-17)12(20)4-7-19-13(21)15(16-14(19)22)5-2-3-6-15/h2-11H2,1H3,(H,16,22). The van der Waals surface area contributed by atoms with Crippen molar-refractivity contribution in [3.63, 3.8) is 0 Å². The van der Waals surface area contributed by atoms with Crippen molar-refractivity contribution in [1.82, 2.24) is 20.0 Å². The van der Waals surface area contributed by atoms with Gasteiger partial charge < -0.3 is 15.1 Å². The van der Waals surface area contributed by atoms with Crippen molar-refractivity contribution in [2.24, 2.45) is 0 Å². The van der Waals surface area contributed by atoms with E-state index in [0.717, 1.165) is 51.9 Å². The molecule has 4 amide bonds. The number of hydrogen-bond acceptors (Lipinski definition) is 4. The summed E-state index contributed by atoms with van der Waals surface area (Å²) < 4.78 is 0. The zero-order valence-corrected chi connectivity index (χ0v) is 13.1. The van der Waals surface area contributed by atoms with Gasteiger partial charge in [0.15, 0.2) is 0 Å². The lowest BCUT2D eigenvalue weighted by molar-refractivity contribution is -0.134. The second kappa shape index (κ2) is 5.87. The van der Waals surface area contributed by atoms with E-state index in [1.54, 1.807) is 0 Å². The molecule has 1 aliphatic carbocycles. The average Bonchev–Trinajstić information content (AvgIpc) is 3.05. The Bertz CT molecular complexity index is 479. The van der Waals surface area contributed by atoms with Crippen molar-refractivity contribution in [2.45, 2.75) is 37.6 Å². The minimum Gasteiger partial charge on any atom is -0.340 e. The molecule has 3 aliphatic rings. The molecule has 0 atom stereocenters. The van der Waals surface area contributed by atoms with Crippen LogP contribution in [0.3, 0.4) is 0 Å². The Kier molecular flexibility index (Phi) is 4.08. The van der Waals surface area contributed by atoms with Crippen molar-refractivity contribution in [2.75, 3.05) is 39.8 Å². The fraction of sp³-hybridized carbons (Fsp3) is 0.800. The Morgan fingerprint density at radius 1 is 1.14 bits per heavy atom. The molecule has 2 saturated heterocycles. The maximum absolute atomic E-state index is 12.5. The Hall–Kier alpha value is -1.63. The van der Waals surface area contributed by atoms with Gasteiger partial charge in [-0.3, -0.25) is 14.5 Å². The van der Waals surface area contributed by atoms with Crippen LogP contribution in [0.15, 0.2) is 0 Å². The predicted octanol–water partition coefficient (Wildman–Crippen LogP) is 0.0151. The molecular formula is C15H24N4O3. The minimum atomic E-state index is -0.673. The summed E-state index contributed by atoms with van der Waals surface area (Å²) in [5, 5.41) is 2.84. The third kappa shape index (κ3) is 2.69. The van der Waals surface area contributed by atoms with E-state index in [0.29, 0.717) is 0 Å². The number of nitrogens with zero attached hydrogens (tertiary/aromatic N) is 3. The van der Waals surface area contributed by atoms with Crippen molar-refractivity contribution < 1.29 is 14.4 Å². The van der Waals surface area contributed by atoms with Crippen LogP contribution in [0.25, 0.3) is 0 Å². The fourth-order valence-corrected chi connectivity index (χ4v) is 3.62. The molecule has 7 heteroatoms. The maximum atomic E-state index is 12.5. The summed E-state index contributed by atoms with van der Waals surface area (Å²) in [6.45, 7) is 3.38. The van der Waals surface area contributed by atoms with Crippen molar-refractivity contribution in [3.05, 3.63) is 0 Å². The van der Waals surface area contributed by atoms with E-state index in [4.69, 9.17) is 0 Å². The Balaban J connectivity index is 1.54. The first-order valence-corrected chi connectivity index (χ1v) is 8.12. The summed E-state index contributed by atoms with van der Waals surface area (Å²) in [6, 6.07) is -0.335. The van der Waals surface area contributed by atoms with E-state index in [9.17, 15) is 14.4 Å². The van der Waals surface area contributed by atoms with Crippen molar-refractivity contribution in [3.8, 4) is 0 Å². The monoisotopic (exact) mass is 308 g/mol. The van der Waals surface area contributed by atoms with Crippen LogP contribution in [-0.4, -0.2) is 77.9 Å². The quantitative estimate of drug-likeness (QED) is 0.746. The van der Waals surface area contributed by atoms with Crippen LogP contribution < -0.4 is 5.32 Å². The normalized spacial score (nSPS) is 25.1. The summed E-state index contributed by atoms with van der Waals surface area (Å²) in [4.78, 5) is 42.0. The van der Waals surface area contributed by atoms with Gasteiger partial charge in [0.25, 0.3) is 5.91 Å². The lowest BCUT2D eigenvalue weighted by Gasteiger charge is -2.32. The van der Waals surface area contributed by atoms with Gasteiger partial charge in [0.05, 0.1) is 0 Å². The molecule has 1 spiro atoms. The fourth-order valence-electron chi connectivity index (χ4n) is 3.62. The van der Waals surface area contributed by atoms with Gasteiger partial charge in [0.1, 0.15) is 5.54 Å². The van der Waals surface area contributed by atoms with Crippen LogP contribution >= 0.6 is 0 Å². The molecule has 0 bridgehead atoms. The molecule has 2 heterocycles. The third-order valence-electron chi connectivity index (χ3n) is 5.11. The lowest BCUT2D eigenvalue weighted by Crippen LogP contribution is -2.48. The molecule has 22 heavy (non-hydrogen) atoms. The smallest absolute Gasteiger partial charge is 0.325 e. The van der Waals surface area contributed by atoms with Crippen LogP contribution in [0.1, 0.15) is 32.1 Å². The number of carbonyl (C=O) groups excluding carboxylic acids is 3. The maximum Gasteiger partial charge on any atom is 0.325 e. The number of hydrogen-bond donors (Lipinski definition) is 1. The van der Waals surface area contributed by atoms with Crippen molar-refractivity contribution >= 4 is 17.8 Å². The topological polar surface area (TPSA) is 73.0 Å². The lowest BCUT2D eigenvalue weighted by atomic mass is 9.98. The minimum absolute atomic E-state index is 0.0288. The van der Waals surface area contributed by atoms with Crippen LogP contribution in [0, 0.1) is 0 Å². The van der Waals surface area contributed by atoms with E-state index < -0.39 is 5.54 Å². The number of likely N-dealkylation sites (N-methyl/N-ethyl adjacent to an activating group) is 1. The van der Waals surface area contributed by atoms with Crippen molar-refractivity contribution in [1.29, 1.82) is 0 Å². The highest BCUT2D eigenvalue weighted by Crippen LogP contribution is 2.35. The van der Waals surface area contributed by atoms with Gasteiger partial charge in [0, 0.05) is 39.1 Å². The van der Waals surface area contributed by atoms with Crippen LogP contribution in [0.4, 0.5) is 4.79 Å². The van der Waals surface area contributed by atoms with Gasteiger partial charge in [-0.15, -0.1) is 0 Å². The summed E-state index contributed by atoms with van der Waals surface area (Å²) in [5.41, 5.74) is -0.673. The Labute approximate surface area is 130 Å². The van der Waals surface area contributed by atoms with Crippen LogP contribution in [-0.2, 0) is 9.59 Å². The molecular weight excluding hydrogens is 284 g/mol. The molecule has 1 saturated carbocycles. The predicted molar refractivity (Wildman–Crippen MR) is 80.1 cm³/mol. The molecule has 0 aromatic heterocycles. The van der Waals surface area contributed by atoms with Gasteiger partial charge in [-0.25, -0.2) is 4.79 Å². The average molecular weight is 308 g/mol. The van der Waals surface area contributed by atoms with Gasteiger partial charge >= 0.3 is 6.03 Å². The first kappa shape index (κ1) is 15.3. The van der Waals surface area contributed by atoms with E-state index >= 15 is 0 Å². The molecule has 0 unspecified atom stereocenters. The molecule has 1 N–H and O–H groups in total. The highest BCUT2D eigenvalue weighted by atomic mass is 16.2. The second-order valence-electron chi connectivity index (χ2n) is 6.61. The van der Waals surface area contributed by atoms with E-state index in [1.165, 1.54) is 4.90 Å². The SMILES string of the molecule is CN1CCN(C(=O)CCN2C(=O)NC3(CCCC3)C2=O)CC1. The number of imide groups is 1. The number of rotatable bonds is 3. The first-order chi connectivity index (χ1) is 10.5. The molecule has 3 fully saturated rings.